The average molecular weight is 897 g/mol. The molecule has 2 atom stereocenters. The van der Waals surface area contributed by atoms with Crippen molar-refractivity contribution in [1.29, 1.82) is 0 Å². The highest BCUT2D eigenvalue weighted by molar-refractivity contribution is 7.47. The molecular weight excluding hydrogens is 798 g/mol. The van der Waals surface area contributed by atoms with Crippen LogP contribution in [0.3, 0.4) is 0 Å². The Kier molecular flexibility index (Phi) is 43.2. The highest BCUT2D eigenvalue weighted by Crippen LogP contribution is 2.43. The molecule has 0 aromatic rings. The van der Waals surface area contributed by atoms with Crippen LogP contribution >= 0.6 is 7.82 Å². The number of ether oxygens (including phenoxy) is 2. The molecule has 0 bridgehead atoms. The quantitative estimate of drug-likeness (QED) is 0.0212. The molecule has 0 spiro atoms. The molecule has 1 N–H and O–H groups in total. The first-order valence-electron chi connectivity index (χ1n) is 25.7. The van der Waals surface area contributed by atoms with Gasteiger partial charge >= 0.3 is 19.8 Å². The second-order valence-electron chi connectivity index (χ2n) is 18.6. The highest BCUT2D eigenvalue weighted by Gasteiger charge is 2.27. The largest absolute Gasteiger partial charge is 0.472 e. The fourth-order valence-corrected chi connectivity index (χ4v) is 7.88. The second-order valence-corrected chi connectivity index (χ2v) is 20.0. The number of unbranched alkanes of at least 4 members (excludes halogenated alkanes) is 27. The minimum atomic E-state index is -4.39. The van der Waals surface area contributed by atoms with Gasteiger partial charge in [0.2, 0.25) is 0 Å². The number of allylic oxidation sites excluding steroid dienone is 6. The van der Waals surface area contributed by atoms with Crippen LogP contribution in [0.25, 0.3) is 0 Å². The number of phosphoric acid groups is 1. The van der Waals surface area contributed by atoms with Crippen LogP contribution in [-0.4, -0.2) is 74.9 Å². The van der Waals surface area contributed by atoms with Gasteiger partial charge in [0.05, 0.1) is 27.7 Å². The molecule has 0 amide bonds. The van der Waals surface area contributed by atoms with Gasteiger partial charge in [-0.2, -0.15) is 0 Å². The van der Waals surface area contributed by atoms with Crippen molar-refractivity contribution in [2.75, 3.05) is 47.5 Å². The molecule has 0 aliphatic rings. The minimum absolute atomic E-state index is 0.0254. The van der Waals surface area contributed by atoms with Gasteiger partial charge in [0, 0.05) is 12.8 Å². The molecular formula is C52H99NO8P+. The molecule has 0 rings (SSSR count). The van der Waals surface area contributed by atoms with Crippen molar-refractivity contribution < 1.29 is 42.1 Å². The molecule has 0 radical (unpaired) electrons. The van der Waals surface area contributed by atoms with Crippen molar-refractivity contribution in [3.63, 3.8) is 0 Å². The summed E-state index contributed by atoms with van der Waals surface area (Å²) in [4.78, 5) is 35.5. The second kappa shape index (κ2) is 44.4. The molecule has 0 aliphatic carbocycles. The molecule has 0 aromatic carbocycles. The lowest BCUT2D eigenvalue weighted by Gasteiger charge is -2.24. The molecule has 10 heteroatoms. The molecule has 0 heterocycles. The van der Waals surface area contributed by atoms with Gasteiger partial charge in [-0.1, -0.05) is 204 Å². The summed E-state index contributed by atoms with van der Waals surface area (Å²) in [5.74, 6) is -0.834. The van der Waals surface area contributed by atoms with Gasteiger partial charge in [-0.15, -0.1) is 0 Å². The van der Waals surface area contributed by atoms with Crippen molar-refractivity contribution >= 4 is 19.8 Å². The standard InChI is InChI=1S/C52H98NO8P/c1-6-8-10-12-14-16-18-20-22-23-24-25-26-27-28-29-31-32-34-36-38-40-42-44-51(54)58-48-50(49-60-62(56,57)59-47-46-53(3,4)5)61-52(55)45-43-41-39-37-35-33-30-21-19-17-15-13-11-9-7-2/h15,17,21,30,35,37,50H,6-14,16,18-20,22-29,31-34,36,38-49H2,1-5H3/p+1/b17-15+,30-21+,37-35+/t50-/m0/s1. The smallest absolute Gasteiger partial charge is 0.462 e. The Morgan fingerprint density at radius 1 is 0.500 bits per heavy atom. The van der Waals surface area contributed by atoms with E-state index in [4.69, 9.17) is 18.5 Å². The third-order valence-electron chi connectivity index (χ3n) is 11.2. The summed E-state index contributed by atoms with van der Waals surface area (Å²) in [6.07, 6.45) is 52.1. The summed E-state index contributed by atoms with van der Waals surface area (Å²) in [6, 6.07) is 0. The SMILES string of the molecule is CCCCC/C=C/C/C=C/C/C=C/CCCCC(=O)O[C@@H](COC(=O)CCCCCCCCCCCCCCCCCCCCCCCCC)COP(=O)(O)OCC[N+](C)(C)C. The van der Waals surface area contributed by atoms with Crippen LogP contribution in [0.2, 0.25) is 0 Å². The van der Waals surface area contributed by atoms with Crippen LogP contribution < -0.4 is 0 Å². The minimum Gasteiger partial charge on any atom is -0.462 e. The lowest BCUT2D eigenvalue weighted by Crippen LogP contribution is -2.37. The number of quaternary nitrogens is 1. The Balaban J connectivity index is 4.21. The molecule has 364 valence electrons. The van der Waals surface area contributed by atoms with Crippen molar-refractivity contribution in [3.05, 3.63) is 36.5 Å². The summed E-state index contributed by atoms with van der Waals surface area (Å²) in [7, 11) is 1.46. The van der Waals surface area contributed by atoms with Gasteiger partial charge in [-0.05, 0) is 51.4 Å². The van der Waals surface area contributed by atoms with E-state index in [-0.39, 0.29) is 32.0 Å². The van der Waals surface area contributed by atoms with Gasteiger partial charge in [0.25, 0.3) is 0 Å². The van der Waals surface area contributed by atoms with Crippen molar-refractivity contribution in [3.8, 4) is 0 Å². The van der Waals surface area contributed by atoms with Crippen molar-refractivity contribution in [1.82, 2.24) is 0 Å². The van der Waals surface area contributed by atoms with E-state index in [2.05, 4.69) is 50.3 Å². The van der Waals surface area contributed by atoms with Crippen LogP contribution in [0.1, 0.15) is 232 Å². The monoisotopic (exact) mass is 897 g/mol. The maximum atomic E-state index is 12.7. The van der Waals surface area contributed by atoms with E-state index in [0.29, 0.717) is 17.4 Å². The average Bonchev–Trinajstić information content (AvgIpc) is 3.23. The van der Waals surface area contributed by atoms with Crippen LogP contribution in [0.15, 0.2) is 36.5 Å². The first-order chi connectivity index (χ1) is 30.0. The van der Waals surface area contributed by atoms with Gasteiger partial charge in [0.15, 0.2) is 6.10 Å². The summed E-state index contributed by atoms with van der Waals surface area (Å²) >= 11 is 0. The summed E-state index contributed by atoms with van der Waals surface area (Å²) in [6.45, 7) is 4.38. The molecule has 0 saturated carbocycles. The molecule has 0 aliphatic heterocycles. The Labute approximate surface area is 382 Å². The van der Waals surface area contributed by atoms with Crippen LogP contribution in [0, 0.1) is 0 Å². The van der Waals surface area contributed by atoms with E-state index in [1.807, 2.05) is 21.1 Å². The maximum Gasteiger partial charge on any atom is 0.472 e. The zero-order chi connectivity index (χ0) is 45.7. The topological polar surface area (TPSA) is 108 Å². The number of carbonyl (C=O) groups excluding carboxylic acids is 2. The van der Waals surface area contributed by atoms with Crippen LogP contribution in [-0.2, 0) is 32.7 Å². The van der Waals surface area contributed by atoms with Gasteiger partial charge in [-0.3, -0.25) is 18.6 Å². The van der Waals surface area contributed by atoms with Crippen molar-refractivity contribution in [2.24, 2.45) is 0 Å². The predicted molar refractivity (Wildman–Crippen MR) is 261 cm³/mol. The zero-order valence-corrected chi connectivity index (χ0v) is 42.0. The van der Waals surface area contributed by atoms with E-state index in [1.54, 1.807) is 0 Å². The van der Waals surface area contributed by atoms with Gasteiger partial charge in [0.1, 0.15) is 19.8 Å². The molecule has 9 nitrogen and oxygen atoms in total. The van der Waals surface area contributed by atoms with Gasteiger partial charge < -0.3 is 18.9 Å². The number of hydrogen-bond acceptors (Lipinski definition) is 7. The summed E-state index contributed by atoms with van der Waals surface area (Å²) in [5, 5.41) is 0. The Bertz CT molecular complexity index is 1150. The van der Waals surface area contributed by atoms with Crippen molar-refractivity contribution in [2.45, 2.75) is 238 Å². The Morgan fingerprint density at radius 3 is 1.32 bits per heavy atom. The first-order valence-corrected chi connectivity index (χ1v) is 27.2. The third kappa shape index (κ3) is 47.7. The van der Waals surface area contributed by atoms with E-state index < -0.39 is 26.5 Å². The predicted octanol–water partition coefficient (Wildman–Crippen LogP) is 15.3. The first kappa shape index (κ1) is 60.2. The van der Waals surface area contributed by atoms with E-state index in [0.717, 1.165) is 51.4 Å². The number of rotatable bonds is 47. The lowest BCUT2D eigenvalue weighted by atomic mass is 10.0. The van der Waals surface area contributed by atoms with Crippen LogP contribution in [0.5, 0.6) is 0 Å². The number of nitrogens with zero attached hydrogens (tertiary/aromatic N) is 1. The lowest BCUT2D eigenvalue weighted by molar-refractivity contribution is -0.870. The highest BCUT2D eigenvalue weighted by atomic mass is 31.2. The Morgan fingerprint density at radius 2 is 0.871 bits per heavy atom. The number of phosphoric ester groups is 1. The van der Waals surface area contributed by atoms with E-state index >= 15 is 0 Å². The third-order valence-corrected chi connectivity index (χ3v) is 12.2. The van der Waals surface area contributed by atoms with E-state index in [9.17, 15) is 19.0 Å². The molecule has 0 saturated heterocycles. The molecule has 62 heavy (non-hydrogen) atoms. The van der Waals surface area contributed by atoms with Gasteiger partial charge in [-0.25, -0.2) is 4.57 Å². The number of carbonyl (C=O) groups is 2. The van der Waals surface area contributed by atoms with Crippen LogP contribution in [0.4, 0.5) is 0 Å². The molecule has 0 aromatic heterocycles. The molecule has 1 unspecified atom stereocenters. The number of esters is 2. The summed E-state index contributed by atoms with van der Waals surface area (Å²) in [5.41, 5.74) is 0. The number of hydrogen-bond donors (Lipinski definition) is 1. The summed E-state index contributed by atoms with van der Waals surface area (Å²) < 4.78 is 34.4. The fourth-order valence-electron chi connectivity index (χ4n) is 7.14. The zero-order valence-electron chi connectivity index (χ0n) is 41.1. The Hall–Kier alpha value is -1.77. The molecule has 0 fully saturated rings. The number of likely N-dealkylation sites (N-methyl/N-ethyl adjacent to an activating group) is 1. The fraction of sp³-hybridized carbons (Fsp3) is 0.846. The maximum absolute atomic E-state index is 12.7. The van der Waals surface area contributed by atoms with E-state index in [1.165, 1.54) is 148 Å². The normalized spacial score (nSPS) is 13.7.